The summed E-state index contributed by atoms with van der Waals surface area (Å²) in [5, 5.41) is 20.1. The average Bonchev–Trinajstić information content (AvgIpc) is 2.37. The number of non-ortho nitro benzene ring substituents is 1. The number of nitrogens with zero attached hydrogens (tertiary/aromatic N) is 1. The van der Waals surface area contributed by atoms with Crippen LogP contribution in [0.3, 0.4) is 0 Å². The summed E-state index contributed by atoms with van der Waals surface area (Å²) < 4.78 is 0. The van der Waals surface area contributed by atoms with Crippen molar-refractivity contribution in [2.75, 3.05) is 0 Å². The molecule has 0 radical (unpaired) electrons. The lowest BCUT2D eigenvalue weighted by atomic mass is 10.1. The van der Waals surface area contributed by atoms with E-state index >= 15 is 0 Å². The molecule has 0 amide bonds. The molecule has 7 heteroatoms. The van der Waals surface area contributed by atoms with Crippen LogP contribution in [0.25, 0.3) is 10.9 Å². The Kier molecular flexibility index (Phi) is 3.04. The molecule has 19 heavy (non-hydrogen) atoms. The van der Waals surface area contributed by atoms with Crippen molar-refractivity contribution in [3.8, 4) is 0 Å². The number of nitro groups is 1. The maximum atomic E-state index is 12.2. The number of para-hydroxylation sites is 1. The summed E-state index contributed by atoms with van der Waals surface area (Å²) in [5.74, 6) is -1.31. The third-order valence-electron chi connectivity index (χ3n) is 2.88. The number of H-pyrrole nitrogens is 1. The number of hydrogen-bond donors (Lipinski definition) is 2. The van der Waals surface area contributed by atoms with E-state index in [4.69, 9.17) is 5.11 Å². The third-order valence-corrected chi connectivity index (χ3v) is 2.88. The molecule has 0 saturated heterocycles. The van der Waals surface area contributed by atoms with Crippen LogP contribution in [0, 0.1) is 10.1 Å². The molecule has 98 valence electrons. The van der Waals surface area contributed by atoms with Gasteiger partial charge in [0.2, 0.25) is 0 Å². The highest BCUT2D eigenvalue weighted by atomic mass is 16.6. The van der Waals surface area contributed by atoms with Crippen molar-refractivity contribution in [3.63, 3.8) is 0 Å². The fourth-order valence-electron chi connectivity index (χ4n) is 2.01. The molecule has 1 aromatic carbocycles. The monoisotopic (exact) mass is 262 g/mol. The fraction of sp³-hybridized carbons (Fsp3) is 0.167. The van der Waals surface area contributed by atoms with Crippen LogP contribution < -0.4 is 5.43 Å². The predicted octanol–water partition coefficient (Wildman–Crippen LogP) is 1.70. The van der Waals surface area contributed by atoms with Crippen molar-refractivity contribution in [2.45, 2.75) is 13.3 Å². The minimum atomic E-state index is -1.31. The number of aromatic nitrogens is 1. The lowest BCUT2D eigenvalue weighted by molar-refractivity contribution is -0.383. The second-order valence-electron chi connectivity index (χ2n) is 3.92. The van der Waals surface area contributed by atoms with E-state index in [9.17, 15) is 19.7 Å². The zero-order valence-corrected chi connectivity index (χ0v) is 9.97. The molecule has 7 nitrogen and oxygen atoms in total. The Morgan fingerprint density at radius 2 is 2.16 bits per heavy atom. The van der Waals surface area contributed by atoms with Crippen molar-refractivity contribution >= 4 is 22.6 Å². The van der Waals surface area contributed by atoms with Crippen molar-refractivity contribution < 1.29 is 14.8 Å². The maximum Gasteiger partial charge on any atom is 0.352 e. The number of nitrogens with one attached hydrogen (secondary N) is 1. The fourth-order valence-corrected chi connectivity index (χ4v) is 2.01. The molecule has 0 fully saturated rings. The maximum absolute atomic E-state index is 12.2. The van der Waals surface area contributed by atoms with E-state index in [1.54, 1.807) is 6.92 Å². The van der Waals surface area contributed by atoms with Crippen molar-refractivity contribution in [3.05, 3.63) is 49.8 Å². The van der Waals surface area contributed by atoms with E-state index < -0.39 is 16.3 Å². The highest BCUT2D eigenvalue weighted by molar-refractivity contribution is 5.94. The minimum absolute atomic E-state index is 0.0629. The van der Waals surface area contributed by atoms with Gasteiger partial charge in [0, 0.05) is 11.6 Å². The zero-order valence-electron chi connectivity index (χ0n) is 9.97. The largest absolute Gasteiger partial charge is 0.477 e. The van der Waals surface area contributed by atoms with Gasteiger partial charge in [0.25, 0.3) is 5.69 Å². The first kappa shape index (κ1) is 12.7. The number of pyridine rings is 1. The van der Waals surface area contributed by atoms with E-state index in [-0.39, 0.29) is 34.3 Å². The quantitative estimate of drug-likeness (QED) is 0.645. The summed E-state index contributed by atoms with van der Waals surface area (Å²) in [6.45, 7) is 1.65. The Balaban J connectivity index is 3.00. The Morgan fingerprint density at radius 3 is 2.68 bits per heavy atom. The molecule has 0 unspecified atom stereocenters. The Hall–Kier alpha value is -2.70. The van der Waals surface area contributed by atoms with Gasteiger partial charge in [-0.1, -0.05) is 13.0 Å². The van der Waals surface area contributed by atoms with Gasteiger partial charge in [-0.2, -0.15) is 0 Å². The highest BCUT2D eigenvalue weighted by Gasteiger charge is 2.20. The van der Waals surface area contributed by atoms with E-state index in [1.165, 1.54) is 18.2 Å². The normalized spacial score (nSPS) is 10.6. The summed E-state index contributed by atoms with van der Waals surface area (Å²) in [7, 11) is 0. The van der Waals surface area contributed by atoms with Gasteiger partial charge < -0.3 is 10.1 Å². The number of benzene rings is 1. The molecular weight excluding hydrogens is 252 g/mol. The average molecular weight is 262 g/mol. The van der Waals surface area contributed by atoms with Crippen LogP contribution in [0.2, 0.25) is 0 Å². The first-order chi connectivity index (χ1) is 8.97. The van der Waals surface area contributed by atoms with Crippen LogP contribution in [0.4, 0.5) is 5.69 Å². The van der Waals surface area contributed by atoms with Gasteiger partial charge >= 0.3 is 5.97 Å². The van der Waals surface area contributed by atoms with E-state index in [2.05, 4.69) is 4.98 Å². The van der Waals surface area contributed by atoms with Crippen LogP contribution in [0.15, 0.2) is 23.0 Å². The van der Waals surface area contributed by atoms with Gasteiger partial charge in [0.1, 0.15) is 11.2 Å². The van der Waals surface area contributed by atoms with Crippen molar-refractivity contribution in [1.82, 2.24) is 4.98 Å². The van der Waals surface area contributed by atoms with Gasteiger partial charge in [-0.3, -0.25) is 14.9 Å². The number of carbonyl (C=O) groups is 1. The number of aromatic amines is 1. The van der Waals surface area contributed by atoms with Crippen LogP contribution in [0.5, 0.6) is 0 Å². The number of carboxylic acid groups (broad SMARTS) is 1. The molecule has 2 rings (SSSR count). The minimum Gasteiger partial charge on any atom is -0.477 e. The molecule has 0 spiro atoms. The lowest BCUT2D eigenvalue weighted by Crippen LogP contribution is -2.18. The molecule has 2 N–H and O–H groups in total. The topological polar surface area (TPSA) is 113 Å². The highest BCUT2D eigenvalue weighted by Crippen LogP contribution is 2.22. The summed E-state index contributed by atoms with van der Waals surface area (Å²) in [6.07, 6.45) is 0.232. The van der Waals surface area contributed by atoms with E-state index in [1.807, 2.05) is 0 Å². The van der Waals surface area contributed by atoms with Gasteiger partial charge in [0.05, 0.1) is 10.3 Å². The standard InChI is InChI=1S/C12H10N2O5/c1-2-6-10(12(16)17)13-9-7(11(6)15)4-3-5-8(9)14(18)19/h3-5H,2H2,1H3,(H,13,15)(H,16,17). The van der Waals surface area contributed by atoms with Crippen LogP contribution in [-0.2, 0) is 6.42 Å². The van der Waals surface area contributed by atoms with Gasteiger partial charge in [-0.15, -0.1) is 0 Å². The zero-order chi connectivity index (χ0) is 14.2. The van der Waals surface area contributed by atoms with Crippen LogP contribution in [-0.4, -0.2) is 21.0 Å². The molecule has 0 saturated carbocycles. The van der Waals surface area contributed by atoms with E-state index in [0.29, 0.717) is 0 Å². The van der Waals surface area contributed by atoms with Gasteiger partial charge in [0.15, 0.2) is 5.43 Å². The van der Waals surface area contributed by atoms with E-state index in [0.717, 1.165) is 0 Å². The molecule has 1 heterocycles. The number of nitro benzene ring substituents is 1. The summed E-state index contributed by atoms with van der Waals surface area (Å²) in [5.41, 5.74) is -1.06. The van der Waals surface area contributed by atoms with Crippen LogP contribution >= 0.6 is 0 Å². The Morgan fingerprint density at radius 1 is 1.47 bits per heavy atom. The number of aromatic carboxylic acids is 1. The number of fused-ring (bicyclic) bond motifs is 1. The molecule has 0 aliphatic heterocycles. The van der Waals surface area contributed by atoms with Crippen molar-refractivity contribution in [2.24, 2.45) is 0 Å². The lowest BCUT2D eigenvalue weighted by Gasteiger charge is -2.06. The Labute approximate surface area is 106 Å². The smallest absolute Gasteiger partial charge is 0.352 e. The molecule has 1 aromatic heterocycles. The number of carboxylic acids is 1. The molecule has 0 aliphatic rings. The van der Waals surface area contributed by atoms with Gasteiger partial charge in [-0.25, -0.2) is 4.79 Å². The number of hydrogen-bond acceptors (Lipinski definition) is 4. The molecule has 0 bridgehead atoms. The molecule has 0 atom stereocenters. The molecule has 2 aromatic rings. The Bertz CT molecular complexity index is 748. The van der Waals surface area contributed by atoms with Gasteiger partial charge in [-0.05, 0) is 12.5 Å². The second kappa shape index (κ2) is 4.52. The molecule has 0 aliphatic carbocycles. The third kappa shape index (κ3) is 1.95. The summed E-state index contributed by atoms with van der Waals surface area (Å²) in [6, 6.07) is 4.05. The summed E-state index contributed by atoms with van der Waals surface area (Å²) >= 11 is 0. The SMILES string of the molecule is CCc1c(C(=O)O)[nH]c2c([N+](=O)[O-])cccc2c1=O. The summed E-state index contributed by atoms with van der Waals surface area (Å²) in [4.78, 5) is 36.0. The van der Waals surface area contributed by atoms with Crippen molar-refractivity contribution in [1.29, 1.82) is 0 Å². The van der Waals surface area contributed by atoms with Crippen LogP contribution in [0.1, 0.15) is 23.0 Å². The first-order valence-electron chi connectivity index (χ1n) is 5.53. The predicted molar refractivity (Wildman–Crippen MR) is 67.6 cm³/mol. The second-order valence-corrected chi connectivity index (χ2v) is 3.92. The molecular formula is C12H10N2O5. The number of rotatable bonds is 3. The first-order valence-corrected chi connectivity index (χ1v) is 5.53.